The lowest BCUT2D eigenvalue weighted by Gasteiger charge is -2.18. The lowest BCUT2D eigenvalue weighted by molar-refractivity contribution is -0.140. The second-order valence-corrected chi connectivity index (χ2v) is 10.6. The Labute approximate surface area is 269 Å². The van der Waals surface area contributed by atoms with Crippen molar-refractivity contribution in [3.8, 4) is 28.4 Å². The van der Waals surface area contributed by atoms with E-state index in [1.54, 1.807) is 30.3 Å². The van der Waals surface area contributed by atoms with E-state index in [9.17, 15) is 19.9 Å². The number of anilines is 1. The maximum atomic E-state index is 11.4. The number of nitrogens with one attached hydrogen (secondary N) is 1. The van der Waals surface area contributed by atoms with Gasteiger partial charge in [-0.25, -0.2) is 0 Å². The molecule has 0 aliphatic heterocycles. The highest BCUT2D eigenvalue weighted by molar-refractivity contribution is 6.34. The minimum Gasteiger partial charge on any atom is -0.491 e. The SMILES string of the molecule is Nc1cc(COc2cc(OCc3cccc(-c4cccc(OCCO)c4)c3Cl)c(Cl)cc2CN[C@H](CO)C(=O)O)ccc1N=O. The number of aliphatic hydroxyl groups excluding tert-OH is 2. The molecule has 4 aromatic carbocycles. The van der Waals surface area contributed by atoms with Crippen LogP contribution in [0.5, 0.6) is 17.2 Å². The van der Waals surface area contributed by atoms with Crippen molar-refractivity contribution >= 4 is 40.5 Å². The smallest absolute Gasteiger partial charge is 0.323 e. The zero-order valence-corrected chi connectivity index (χ0v) is 25.4. The molecule has 13 heteroatoms. The van der Waals surface area contributed by atoms with E-state index < -0.39 is 18.6 Å². The van der Waals surface area contributed by atoms with Crippen LogP contribution in [0.25, 0.3) is 11.1 Å². The molecule has 0 fully saturated rings. The number of ether oxygens (including phenoxy) is 3. The third-order valence-corrected chi connectivity index (χ3v) is 7.43. The summed E-state index contributed by atoms with van der Waals surface area (Å²) in [7, 11) is 0. The number of hydrogen-bond acceptors (Lipinski definition) is 10. The summed E-state index contributed by atoms with van der Waals surface area (Å²) < 4.78 is 17.7. The molecule has 6 N–H and O–H groups in total. The van der Waals surface area contributed by atoms with Crippen LogP contribution in [0, 0.1) is 4.91 Å². The molecule has 45 heavy (non-hydrogen) atoms. The van der Waals surface area contributed by atoms with Crippen LogP contribution in [0.15, 0.2) is 78.0 Å². The molecule has 0 amide bonds. The van der Waals surface area contributed by atoms with E-state index >= 15 is 0 Å². The van der Waals surface area contributed by atoms with Gasteiger partial charge in [0.2, 0.25) is 0 Å². The molecule has 0 spiro atoms. The first-order chi connectivity index (χ1) is 21.7. The Hall–Kier alpha value is -4.39. The van der Waals surface area contributed by atoms with Gasteiger partial charge in [-0.15, -0.1) is 4.91 Å². The number of carbonyl (C=O) groups is 1. The molecule has 0 radical (unpaired) electrons. The monoisotopic (exact) mass is 655 g/mol. The molecule has 236 valence electrons. The molecule has 4 aromatic rings. The van der Waals surface area contributed by atoms with Crippen molar-refractivity contribution in [2.24, 2.45) is 5.18 Å². The van der Waals surface area contributed by atoms with Crippen LogP contribution in [0.4, 0.5) is 11.4 Å². The first kappa shape index (κ1) is 33.5. The average Bonchev–Trinajstić information content (AvgIpc) is 3.03. The molecular formula is C32H31Cl2N3O8. The molecule has 11 nitrogen and oxygen atoms in total. The summed E-state index contributed by atoms with van der Waals surface area (Å²) in [6.07, 6.45) is 0. The third kappa shape index (κ3) is 8.84. The van der Waals surface area contributed by atoms with Crippen LogP contribution < -0.4 is 25.3 Å². The molecule has 0 saturated heterocycles. The number of benzene rings is 4. The summed E-state index contributed by atoms with van der Waals surface area (Å²) in [6, 6.07) is 19.6. The Kier molecular flexibility index (Phi) is 12.0. The quantitative estimate of drug-likeness (QED) is 0.0743. The Morgan fingerprint density at radius 3 is 2.40 bits per heavy atom. The number of nitrogens with two attached hydrogens (primary N) is 1. The fourth-order valence-electron chi connectivity index (χ4n) is 4.35. The molecule has 0 aliphatic rings. The zero-order chi connectivity index (χ0) is 32.3. The predicted molar refractivity (Wildman–Crippen MR) is 171 cm³/mol. The number of aliphatic hydroxyl groups is 2. The molecule has 0 unspecified atom stereocenters. The topological polar surface area (TPSA) is 173 Å². The second kappa shape index (κ2) is 16.1. The Morgan fingerprint density at radius 1 is 0.911 bits per heavy atom. The van der Waals surface area contributed by atoms with Gasteiger partial charge in [-0.3, -0.25) is 10.1 Å². The number of aliphatic carboxylic acids is 1. The second-order valence-electron chi connectivity index (χ2n) is 9.79. The number of carboxylic acid groups (broad SMARTS) is 1. The Balaban J connectivity index is 1.57. The molecule has 0 bridgehead atoms. The largest absolute Gasteiger partial charge is 0.491 e. The lowest BCUT2D eigenvalue weighted by Crippen LogP contribution is -2.39. The summed E-state index contributed by atoms with van der Waals surface area (Å²) in [5.41, 5.74) is 9.62. The summed E-state index contributed by atoms with van der Waals surface area (Å²) in [6.45, 7) is -0.418. The summed E-state index contributed by atoms with van der Waals surface area (Å²) in [5, 5.41) is 34.1. The maximum absolute atomic E-state index is 11.4. The maximum Gasteiger partial charge on any atom is 0.323 e. The first-order valence-corrected chi connectivity index (χ1v) is 14.5. The van der Waals surface area contributed by atoms with E-state index in [1.165, 1.54) is 6.07 Å². The van der Waals surface area contributed by atoms with E-state index in [0.29, 0.717) is 33.2 Å². The highest BCUT2D eigenvalue weighted by Gasteiger charge is 2.19. The molecule has 4 rings (SSSR count). The van der Waals surface area contributed by atoms with Crippen molar-refractivity contribution in [3.05, 3.63) is 104 Å². The molecule has 0 aliphatic carbocycles. The van der Waals surface area contributed by atoms with Gasteiger partial charge in [0.15, 0.2) is 0 Å². The Bertz CT molecular complexity index is 1650. The summed E-state index contributed by atoms with van der Waals surface area (Å²) in [4.78, 5) is 22.3. The van der Waals surface area contributed by atoms with Gasteiger partial charge in [0.1, 0.15) is 48.8 Å². The van der Waals surface area contributed by atoms with Crippen LogP contribution >= 0.6 is 23.2 Å². The molecular weight excluding hydrogens is 625 g/mol. The summed E-state index contributed by atoms with van der Waals surface area (Å²) in [5.74, 6) is 0.00248. The van der Waals surface area contributed by atoms with Gasteiger partial charge in [0.25, 0.3) is 0 Å². The van der Waals surface area contributed by atoms with E-state index in [4.69, 9.17) is 48.3 Å². The normalized spacial score (nSPS) is 11.6. The van der Waals surface area contributed by atoms with Crippen LogP contribution in [-0.2, 0) is 24.6 Å². The molecule has 1 atom stereocenters. The molecule has 0 saturated carbocycles. The van der Waals surface area contributed by atoms with Crippen LogP contribution in [0.2, 0.25) is 10.0 Å². The van der Waals surface area contributed by atoms with Gasteiger partial charge in [-0.1, -0.05) is 59.6 Å². The Morgan fingerprint density at radius 2 is 1.69 bits per heavy atom. The van der Waals surface area contributed by atoms with Gasteiger partial charge < -0.3 is 35.3 Å². The number of halogens is 2. The number of nitroso groups, excluding NO2 is 1. The fourth-order valence-corrected chi connectivity index (χ4v) is 4.88. The van der Waals surface area contributed by atoms with Gasteiger partial charge in [-0.05, 0) is 46.6 Å². The zero-order valence-electron chi connectivity index (χ0n) is 23.9. The summed E-state index contributed by atoms with van der Waals surface area (Å²) >= 11 is 13.4. The minimum absolute atomic E-state index is 0.0119. The van der Waals surface area contributed by atoms with Crippen LogP contribution in [-0.4, -0.2) is 47.2 Å². The van der Waals surface area contributed by atoms with Gasteiger partial charge in [-0.2, -0.15) is 0 Å². The lowest BCUT2D eigenvalue weighted by atomic mass is 10.0. The van der Waals surface area contributed by atoms with Crippen molar-refractivity contribution < 1.29 is 34.3 Å². The van der Waals surface area contributed by atoms with Crippen molar-refractivity contribution in [2.45, 2.75) is 25.8 Å². The average molecular weight is 657 g/mol. The minimum atomic E-state index is -1.21. The highest BCUT2D eigenvalue weighted by atomic mass is 35.5. The van der Waals surface area contributed by atoms with Gasteiger partial charge in [0, 0.05) is 29.3 Å². The van der Waals surface area contributed by atoms with Crippen molar-refractivity contribution in [3.63, 3.8) is 0 Å². The van der Waals surface area contributed by atoms with E-state index in [0.717, 1.165) is 11.1 Å². The van der Waals surface area contributed by atoms with Crippen LogP contribution in [0.3, 0.4) is 0 Å². The first-order valence-electron chi connectivity index (χ1n) is 13.7. The number of nitrogen functional groups attached to an aromatic ring is 1. The van der Waals surface area contributed by atoms with Gasteiger partial charge in [0.05, 0.1) is 28.9 Å². The fraction of sp³-hybridized carbons (Fsp3) is 0.219. The number of rotatable bonds is 16. The van der Waals surface area contributed by atoms with E-state index in [2.05, 4.69) is 10.5 Å². The number of carboxylic acids is 1. The third-order valence-electron chi connectivity index (χ3n) is 6.69. The van der Waals surface area contributed by atoms with Crippen LogP contribution in [0.1, 0.15) is 16.7 Å². The van der Waals surface area contributed by atoms with Crippen molar-refractivity contribution in [2.75, 3.05) is 25.6 Å². The van der Waals surface area contributed by atoms with Gasteiger partial charge >= 0.3 is 5.97 Å². The highest BCUT2D eigenvalue weighted by Crippen LogP contribution is 2.37. The predicted octanol–water partition coefficient (Wildman–Crippen LogP) is 5.70. The van der Waals surface area contributed by atoms with Crippen molar-refractivity contribution in [1.82, 2.24) is 5.32 Å². The number of hydrogen-bond donors (Lipinski definition) is 5. The molecule has 0 aromatic heterocycles. The number of nitrogens with zero attached hydrogens (tertiary/aromatic N) is 1. The van der Waals surface area contributed by atoms with Crippen molar-refractivity contribution in [1.29, 1.82) is 0 Å². The van der Waals surface area contributed by atoms with E-state index in [1.807, 2.05) is 36.4 Å². The molecule has 0 heterocycles. The standard InChI is InChI=1S/C32H31Cl2N3O8/c33-25-13-22(15-36-28(16-39)32(40)41)29(44-17-19-7-8-27(37-42)26(35)11-19)14-30(25)45-18-21-4-2-6-24(31(21)34)20-3-1-5-23(12-20)43-10-9-38/h1-8,11-14,28,36,38-39H,9-10,15-18,35H2,(H,40,41)/t28-/m1/s1. The van der Waals surface area contributed by atoms with E-state index in [-0.39, 0.29) is 55.1 Å².